The number of piperazine rings is 1. The molecule has 1 unspecified atom stereocenters. The number of carbonyl (C=O) groups excluding carboxylic acids is 1. The maximum atomic E-state index is 12.7. The van der Waals surface area contributed by atoms with E-state index in [1.165, 1.54) is 0 Å². The van der Waals surface area contributed by atoms with Crippen LogP contribution in [0.4, 0.5) is 10.5 Å². The predicted molar refractivity (Wildman–Crippen MR) is 99.1 cm³/mol. The third kappa shape index (κ3) is 3.93. The Morgan fingerprint density at radius 2 is 2.19 bits per heavy atom. The number of carbonyl (C=O) groups is 1. The van der Waals surface area contributed by atoms with Gasteiger partial charge in [-0.25, -0.2) is 4.79 Å². The lowest BCUT2D eigenvalue weighted by Crippen LogP contribution is -2.55. The molecule has 3 heterocycles. The molecule has 1 aromatic carbocycles. The van der Waals surface area contributed by atoms with Crippen LogP contribution in [0.1, 0.15) is 12.2 Å². The van der Waals surface area contributed by atoms with Crippen LogP contribution in [-0.2, 0) is 6.54 Å². The molecule has 1 aliphatic heterocycles. The number of urea groups is 1. The first kappa shape index (κ1) is 17.5. The number of benzene rings is 1. The van der Waals surface area contributed by atoms with Gasteiger partial charge in [-0.1, -0.05) is 0 Å². The molecule has 0 radical (unpaired) electrons. The van der Waals surface area contributed by atoms with Gasteiger partial charge in [0.2, 0.25) is 0 Å². The number of hydrogen-bond donors (Lipinski definition) is 3. The highest BCUT2D eigenvalue weighted by Gasteiger charge is 2.29. The molecule has 3 N–H and O–H groups in total. The fourth-order valence-corrected chi connectivity index (χ4v) is 3.43. The van der Waals surface area contributed by atoms with E-state index in [9.17, 15) is 9.90 Å². The van der Waals surface area contributed by atoms with Gasteiger partial charge >= 0.3 is 6.03 Å². The number of fused-ring (bicyclic) bond motifs is 1. The maximum absolute atomic E-state index is 12.7. The average molecular weight is 370 g/mol. The zero-order valence-electron chi connectivity index (χ0n) is 14.8. The smallest absolute Gasteiger partial charge is 0.321 e. The van der Waals surface area contributed by atoms with Gasteiger partial charge in [0, 0.05) is 38.0 Å². The summed E-state index contributed by atoms with van der Waals surface area (Å²) in [6.45, 7) is 2.65. The molecule has 1 saturated heterocycles. The van der Waals surface area contributed by atoms with Crippen LogP contribution in [0.5, 0.6) is 0 Å². The number of aliphatic hydroxyl groups excluding tert-OH is 1. The van der Waals surface area contributed by atoms with Gasteiger partial charge in [0.1, 0.15) is 16.8 Å². The number of nitrogens with one attached hydrogen (secondary N) is 2. The molecule has 9 nitrogen and oxygen atoms in total. The highest BCUT2D eigenvalue weighted by molar-refractivity contribution is 5.91. The summed E-state index contributed by atoms with van der Waals surface area (Å²) >= 11 is 0. The molecule has 1 fully saturated rings. The van der Waals surface area contributed by atoms with Crippen LogP contribution in [0.25, 0.3) is 11.0 Å². The number of amides is 2. The number of anilines is 1. The van der Waals surface area contributed by atoms with Crippen LogP contribution < -0.4 is 5.32 Å². The lowest BCUT2D eigenvalue weighted by molar-refractivity contribution is 0.0669. The maximum Gasteiger partial charge on any atom is 0.321 e. The summed E-state index contributed by atoms with van der Waals surface area (Å²) in [6, 6.07) is 9.14. The number of aromatic nitrogens is 3. The molecule has 142 valence electrons. The van der Waals surface area contributed by atoms with Gasteiger partial charge in [0.25, 0.3) is 0 Å². The van der Waals surface area contributed by atoms with Gasteiger partial charge in [-0.3, -0.25) is 4.90 Å². The van der Waals surface area contributed by atoms with E-state index in [0.717, 1.165) is 17.8 Å². The van der Waals surface area contributed by atoms with Crippen molar-refractivity contribution >= 4 is 22.8 Å². The lowest BCUT2D eigenvalue weighted by atomic mass is 10.1. The second-order valence-electron chi connectivity index (χ2n) is 6.62. The highest BCUT2D eigenvalue weighted by atomic mass is 16.3. The first-order chi connectivity index (χ1) is 13.2. The van der Waals surface area contributed by atoms with Crippen LogP contribution in [0.15, 0.2) is 41.0 Å². The minimum absolute atomic E-state index is 0.0810. The number of H-pyrrole nitrogens is 1. The number of hydrogen-bond acceptors (Lipinski definition) is 6. The van der Waals surface area contributed by atoms with Crippen molar-refractivity contribution in [2.24, 2.45) is 0 Å². The molecule has 0 aliphatic carbocycles. The van der Waals surface area contributed by atoms with Crippen molar-refractivity contribution in [1.82, 2.24) is 25.2 Å². The van der Waals surface area contributed by atoms with Gasteiger partial charge < -0.3 is 19.7 Å². The number of aromatic amines is 1. The van der Waals surface area contributed by atoms with Gasteiger partial charge in [-0.2, -0.15) is 15.4 Å². The van der Waals surface area contributed by atoms with Crippen molar-refractivity contribution in [2.45, 2.75) is 19.0 Å². The van der Waals surface area contributed by atoms with E-state index in [1.54, 1.807) is 23.3 Å². The number of rotatable bonds is 5. The second-order valence-corrected chi connectivity index (χ2v) is 6.62. The summed E-state index contributed by atoms with van der Waals surface area (Å²) in [6.07, 6.45) is 2.27. The van der Waals surface area contributed by atoms with Gasteiger partial charge in [-0.05, 0) is 36.8 Å². The van der Waals surface area contributed by atoms with E-state index in [0.29, 0.717) is 37.3 Å². The molecule has 0 spiro atoms. The number of furan rings is 1. The topological polar surface area (TPSA) is 111 Å². The van der Waals surface area contributed by atoms with Gasteiger partial charge in [-0.15, -0.1) is 0 Å². The van der Waals surface area contributed by atoms with Crippen molar-refractivity contribution in [1.29, 1.82) is 0 Å². The zero-order chi connectivity index (χ0) is 18.6. The average Bonchev–Trinajstić information content (AvgIpc) is 3.34. The molecule has 2 aromatic heterocycles. The third-order valence-electron chi connectivity index (χ3n) is 4.86. The Morgan fingerprint density at radius 1 is 1.30 bits per heavy atom. The molecule has 3 aromatic rings. The largest absolute Gasteiger partial charge is 0.468 e. The fourth-order valence-electron chi connectivity index (χ4n) is 3.43. The summed E-state index contributed by atoms with van der Waals surface area (Å²) < 4.78 is 5.43. The van der Waals surface area contributed by atoms with Gasteiger partial charge in [0.05, 0.1) is 12.8 Å². The van der Waals surface area contributed by atoms with E-state index >= 15 is 0 Å². The van der Waals surface area contributed by atoms with Crippen molar-refractivity contribution in [3.8, 4) is 0 Å². The first-order valence-corrected chi connectivity index (χ1v) is 8.96. The second kappa shape index (κ2) is 7.77. The Kier molecular flexibility index (Phi) is 5.03. The van der Waals surface area contributed by atoms with Crippen LogP contribution in [0.2, 0.25) is 0 Å². The molecule has 0 bridgehead atoms. The minimum atomic E-state index is -0.154. The normalized spacial score (nSPS) is 18.1. The van der Waals surface area contributed by atoms with Gasteiger partial charge in [0.15, 0.2) is 0 Å². The first-order valence-electron chi connectivity index (χ1n) is 8.96. The number of nitrogens with zero attached hydrogens (tertiary/aromatic N) is 4. The van der Waals surface area contributed by atoms with Crippen LogP contribution >= 0.6 is 0 Å². The summed E-state index contributed by atoms with van der Waals surface area (Å²) in [7, 11) is 0. The SMILES string of the molecule is O=C(Nc1ccc2n[nH]nc2c1)N1CCN(Cc2ccco2)C(CCO)C1. The van der Waals surface area contributed by atoms with E-state index in [1.807, 2.05) is 18.2 Å². The Bertz CT molecular complexity index is 894. The van der Waals surface area contributed by atoms with Crippen molar-refractivity contribution in [3.05, 3.63) is 42.4 Å². The summed E-state index contributed by atoms with van der Waals surface area (Å²) in [5.74, 6) is 0.886. The third-order valence-corrected chi connectivity index (χ3v) is 4.86. The zero-order valence-corrected chi connectivity index (χ0v) is 14.8. The van der Waals surface area contributed by atoms with Crippen molar-refractivity contribution in [2.75, 3.05) is 31.6 Å². The predicted octanol–water partition coefficient (Wildman–Crippen LogP) is 1.65. The Balaban J connectivity index is 1.40. The fraction of sp³-hybridized carbons (Fsp3) is 0.389. The van der Waals surface area contributed by atoms with Crippen LogP contribution in [0, 0.1) is 0 Å². The monoisotopic (exact) mass is 370 g/mol. The van der Waals surface area contributed by atoms with Crippen LogP contribution in [-0.4, -0.2) is 68.6 Å². The van der Waals surface area contributed by atoms with E-state index < -0.39 is 0 Å². The quantitative estimate of drug-likeness (QED) is 0.630. The molecule has 4 rings (SSSR count). The van der Waals surface area contributed by atoms with E-state index in [4.69, 9.17) is 4.42 Å². The molecule has 1 aliphatic rings. The lowest BCUT2D eigenvalue weighted by Gasteiger charge is -2.40. The Labute approximate surface area is 155 Å². The molecule has 1 atom stereocenters. The Morgan fingerprint density at radius 3 is 3.00 bits per heavy atom. The molecular weight excluding hydrogens is 348 g/mol. The Hall–Kier alpha value is -2.91. The molecule has 2 amide bonds. The summed E-state index contributed by atoms with van der Waals surface area (Å²) in [4.78, 5) is 16.7. The van der Waals surface area contributed by atoms with Crippen LogP contribution in [0.3, 0.4) is 0 Å². The molecule has 9 heteroatoms. The van der Waals surface area contributed by atoms with Crippen molar-refractivity contribution in [3.63, 3.8) is 0 Å². The standard InChI is InChI=1S/C18H22N6O3/c25-8-5-14-11-24(7-6-23(14)12-15-2-1-9-27-15)18(26)19-13-3-4-16-17(10-13)21-22-20-16/h1-4,9-10,14,25H,5-8,11-12H2,(H,19,26)(H,20,21,22). The minimum Gasteiger partial charge on any atom is -0.468 e. The molecular formula is C18H22N6O3. The molecule has 27 heavy (non-hydrogen) atoms. The van der Waals surface area contributed by atoms with Crippen molar-refractivity contribution < 1.29 is 14.3 Å². The highest BCUT2D eigenvalue weighted by Crippen LogP contribution is 2.19. The number of aliphatic hydroxyl groups is 1. The molecule has 0 saturated carbocycles. The van der Waals surface area contributed by atoms with E-state index in [2.05, 4.69) is 25.6 Å². The summed E-state index contributed by atoms with van der Waals surface area (Å²) in [5, 5.41) is 22.9. The van der Waals surface area contributed by atoms with E-state index in [-0.39, 0.29) is 18.7 Å². The summed E-state index contributed by atoms with van der Waals surface area (Å²) in [5.41, 5.74) is 2.13.